The zero-order valence-corrected chi connectivity index (χ0v) is 13.1. The molecule has 2 aromatic rings. The lowest BCUT2D eigenvalue weighted by Crippen LogP contribution is -2.30. The van der Waals surface area contributed by atoms with Crippen LogP contribution >= 0.6 is 11.3 Å². The lowest BCUT2D eigenvalue weighted by Gasteiger charge is -2.16. The number of hydrogen-bond acceptors (Lipinski definition) is 4. The van der Waals surface area contributed by atoms with E-state index in [9.17, 15) is 14.0 Å². The molecule has 1 aromatic carbocycles. The number of halogens is 1. The van der Waals surface area contributed by atoms with Gasteiger partial charge in [-0.3, -0.25) is 14.9 Å². The Labute approximate surface area is 131 Å². The number of carbonyl (C=O) groups excluding carboxylic acids is 2. The Hall–Kier alpha value is -2.28. The summed E-state index contributed by atoms with van der Waals surface area (Å²) in [6.07, 6.45) is 0. The van der Waals surface area contributed by atoms with Crippen molar-refractivity contribution in [1.82, 2.24) is 9.88 Å². The molecule has 0 fully saturated rings. The van der Waals surface area contributed by atoms with Crippen LogP contribution in [0.2, 0.25) is 0 Å². The number of rotatable bonds is 5. The third-order valence-electron chi connectivity index (χ3n) is 3.08. The molecule has 22 heavy (non-hydrogen) atoms. The topological polar surface area (TPSA) is 62.3 Å². The third-order valence-corrected chi connectivity index (χ3v) is 3.84. The lowest BCUT2D eigenvalue weighted by atomic mass is 10.2. The van der Waals surface area contributed by atoms with Gasteiger partial charge >= 0.3 is 0 Å². The van der Waals surface area contributed by atoms with Gasteiger partial charge in [0.05, 0.1) is 0 Å². The van der Waals surface area contributed by atoms with E-state index in [1.807, 2.05) is 13.8 Å². The van der Waals surface area contributed by atoms with Gasteiger partial charge in [0.1, 0.15) is 11.5 Å². The summed E-state index contributed by atoms with van der Waals surface area (Å²) in [5.41, 5.74) is 0.495. The fourth-order valence-corrected chi connectivity index (χ4v) is 2.58. The molecular weight excluding hydrogens is 305 g/mol. The molecule has 116 valence electrons. The van der Waals surface area contributed by atoms with Gasteiger partial charge in [0.25, 0.3) is 11.8 Å². The largest absolute Gasteiger partial charge is 0.338 e. The lowest BCUT2D eigenvalue weighted by molar-refractivity contribution is 0.0767. The average molecular weight is 321 g/mol. The van der Waals surface area contributed by atoms with E-state index >= 15 is 0 Å². The summed E-state index contributed by atoms with van der Waals surface area (Å²) in [6, 6.07) is 5.38. The number of thiazole rings is 1. The first-order valence-corrected chi connectivity index (χ1v) is 7.74. The molecule has 0 atom stereocenters. The molecule has 1 heterocycles. The van der Waals surface area contributed by atoms with Crippen molar-refractivity contribution in [3.05, 3.63) is 46.7 Å². The standard InChI is InChI=1S/C15H16FN3O2S/c1-3-19(4-2)14(21)12-9-22-15(17-12)18-13(20)10-6-5-7-11(16)8-10/h5-9H,3-4H2,1-2H3,(H,17,18,20). The molecule has 0 aliphatic carbocycles. The predicted octanol–water partition coefficient (Wildman–Crippen LogP) is 3.02. The van der Waals surface area contributed by atoms with Crippen LogP contribution in [0.3, 0.4) is 0 Å². The first-order chi connectivity index (χ1) is 10.5. The monoisotopic (exact) mass is 321 g/mol. The van der Waals surface area contributed by atoms with Crippen LogP contribution in [-0.2, 0) is 0 Å². The number of amides is 2. The normalized spacial score (nSPS) is 10.3. The van der Waals surface area contributed by atoms with Crippen LogP contribution in [0.5, 0.6) is 0 Å². The van der Waals surface area contributed by atoms with E-state index in [0.29, 0.717) is 23.9 Å². The van der Waals surface area contributed by atoms with Gasteiger partial charge in [0.2, 0.25) is 0 Å². The summed E-state index contributed by atoms with van der Waals surface area (Å²) in [5, 5.41) is 4.48. The number of nitrogens with one attached hydrogen (secondary N) is 1. The van der Waals surface area contributed by atoms with Crippen molar-refractivity contribution >= 4 is 28.3 Å². The van der Waals surface area contributed by atoms with Gasteiger partial charge in [-0.25, -0.2) is 9.37 Å². The van der Waals surface area contributed by atoms with E-state index in [1.165, 1.54) is 18.2 Å². The second kappa shape index (κ2) is 7.13. The van der Waals surface area contributed by atoms with Crippen molar-refractivity contribution in [3.63, 3.8) is 0 Å². The van der Waals surface area contributed by atoms with Crippen LogP contribution in [0.4, 0.5) is 9.52 Å². The first kappa shape index (κ1) is 16.1. The minimum atomic E-state index is -0.482. The molecule has 1 aromatic heterocycles. The van der Waals surface area contributed by atoms with Gasteiger partial charge in [0.15, 0.2) is 5.13 Å². The van der Waals surface area contributed by atoms with Crippen LogP contribution < -0.4 is 5.32 Å². The average Bonchev–Trinajstić information content (AvgIpc) is 2.97. The molecule has 2 amide bonds. The fraction of sp³-hybridized carbons (Fsp3) is 0.267. The van der Waals surface area contributed by atoms with Crippen molar-refractivity contribution in [2.45, 2.75) is 13.8 Å². The summed E-state index contributed by atoms with van der Waals surface area (Å²) in [7, 11) is 0. The van der Waals surface area contributed by atoms with Crippen LogP contribution in [0.1, 0.15) is 34.7 Å². The fourth-order valence-electron chi connectivity index (χ4n) is 1.90. The van der Waals surface area contributed by atoms with Crippen molar-refractivity contribution in [1.29, 1.82) is 0 Å². The smallest absolute Gasteiger partial charge is 0.273 e. The summed E-state index contributed by atoms with van der Waals surface area (Å²) >= 11 is 1.16. The summed E-state index contributed by atoms with van der Waals surface area (Å²) in [6.45, 7) is 4.97. The van der Waals surface area contributed by atoms with Crippen molar-refractivity contribution in [2.24, 2.45) is 0 Å². The maximum atomic E-state index is 13.1. The highest BCUT2D eigenvalue weighted by molar-refractivity contribution is 7.14. The molecule has 0 saturated heterocycles. The SMILES string of the molecule is CCN(CC)C(=O)c1csc(NC(=O)c2cccc(F)c2)n1. The Bertz CT molecular complexity index is 683. The Kier molecular flexibility index (Phi) is 5.21. The number of carbonyl (C=O) groups is 2. The van der Waals surface area contributed by atoms with Crippen molar-refractivity contribution < 1.29 is 14.0 Å². The molecule has 0 aliphatic rings. The third kappa shape index (κ3) is 3.67. The number of anilines is 1. The molecule has 2 rings (SSSR count). The van der Waals surface area contributed by atoms with Crippen LogP contribution in [-0.4, -0.2) is 34.8 Å². The molecule has 0 unspecified atom stereocenters. The van der Waals surface area contributed by atoms with E-state index in [0.717, 1.165) is 17.4 Å². The molecule has 0 bridgehead atoms. The maximum Gasteiger partial charge on any atom is 0.273 e. The van der Waals surface area contributed by atoms with Gasteiger partial charge in [0, 0.05) is 24.0 Å². The molecule has 0 aliphatic heterocycles. The number of hydrogen-bond donors (Lipinski definition) is 1. The Morgan fingerprint density at radius 3 is 2.68 bits per heavy atom. The highest BCUT2D eigenvalue weighted by Gasteiger charge is 2.17. The second-order valence-electron chi connectivity index (χ2n) is 4.48. The molecule has 5 nitrogen and oxygen atoms in total. The zero-order valence-electron chi connectivity index (χ0n) is 12.3. The summed E-state index contributed by atoms with van der Waals surface area (Å²) < 4.78 is 13.1. The molecule has 7 heteroatoms. The second-order valence-corrected chi connectivity index (χ2v) is 5.34. The van der Waals surface area contributed by atoms with E-state index in [1.54, 1.807) is 10.3 Å². The van der Waals surface area contributed by atoms with Crippen molar-refractivity contribution in [3.8, 4) is 0 Å². The summed E-state index contributed by atoms with van der Waals surface area (Å²) in [5.74, 6) is -1.12. The molecule has 1 N–H and O–H groups in total. The van der Waals surface area contributed by atoms with E-state index in [4.69, 9.17) is 0 Å². The van der Waals surface area contributed by atoms with Gasteiger partial charge in [-0.15, -0.1) is 11.3 Å². The summed E-state index contributed by atoms with van der Waals surface area (Å²) in [4.78, 5) is 29.9. The van der Waals surface area contributed by atoms with Gasteiger partial charge in [-0.05, 0) is 32.0 Å². The number of nitrogens with zero attached hydrogens (tertiary/aromatic N) is 2. The van der Waals surface area contributed by atoms with Gasteiger partial charge < -0.3 is 4.90 Å². The molecular formula is C15H16FN3O2S. The van der Waals surface area contributed by atoms with Gasteiger partial charge in [-0.2, -0.15) is 0 Å². The van der Waals surface area contributed by atoms with E-state index < -0.39 is 11.7 Å². The van der Waals surface area contributed by atoms with Crippen molar-refractivity contribution in [2.75, 3.05) is 18.4 Å². The minimum Gasteiger partial charge on any atom is -0.338 e. The number of aromatic nitrogens is 1. The Morgan fingerprint density at radius 2 is 2.05 bits per heavy atom. The predicted molar refractivity (Wildman–Crippen MR) is 83.7 cm³/mol. The Morgan fingerprint density at radius 1 is 1.32 bits per heavy atom. The quantitative estimate of drug-likeness (QED) is 0.921. The van der Waals surface area contributed by atoms with Crippen LogP contribution in [0.15, 0.2) is 29.6 Å². The number of benzene rings is 1. The van der Waals surface area contributed by atoms with E-state index in [2.05, 4.69) is 10.3 Å². The maximum absolute atomic E-state index is 13.1. The molecule has 0 saturated carbocycles. The molecule has 0 radical (unpaired) electrons. The minimum absolute atomic E-state index is 0.174. The molecule has 0 spiro atoms. The van der Waals surface area contributed by atoms with E-state index in [-0.39, 0.29) is 11.5 Å². The van der Waals surface area contributed by atoms with Crippen LogP contribution in [0.25, 0.3) is 0 Å². The first-order valence-electron chi connectivity index (χ1n) is 6.86. The van der Waals surface area contributed by atoms with Crippen LogP contribution in [0, 0.1) is 5.82 Å². The van der Waals surface area contributed by atoms with Gasteiger partial charge in [-0.1, -0.05) is 6.07 Å². The highest BCUT2D eigenvalue weighted by atomic mass is 32.1. The Balaban J connectivity index is 2.09. The highest BCUT2D eigenvalue weighted by Crippen LogP contribution is 2.18. The zero-order chi connectivity index (χ0) is 16.1.